The van der Waals surface area contributed by atoms with Gasteiger partial charge in [0.2, 0.25) is 0 Å². The van der Waals surface area contributed by atoms with Crippen LogP contribution in [0, 0.1) is 10.1 Å². The summed E-state index contributed by atoms with van der Waals surface area (Å²) in [5, 5.41) is 15.0. The van der Waals surface area contributed by atoms with Crippen LogP contribution in [0.4, 0.5) is 11.4 Å². The van der Waals surface area contributed by atoms with Gasteiger partial charge in [-0.1, -0.05) is 48.2 Å². The van der Waals surface area contributed by atoms with E-state index in [1.807, 2.05) is 84.9 Å². The Morgan fingerprint density at radius 2 is 1.56 bits per heavy atom. The second-order valence-corrected chi connectivity index (χ2v) is 10.4. The summed E-state index contributed by atoms with van der Waals surface area (Å²) in [4.78, 5) is 19.2. The lowest BCUT2D eigenvalue weighted by Gasteiger charge is -2.26. The number of pyridine rings is 1. The normalized spacial score (nSPS) is 16.7. The molecule has 192 valence electrons. The van der Waals surface area contributed by atoms with E-state index in [1.54, 1.807) is 18.3 Å². The molecule has 0 amide bonds. The van der Waals surface area contributed by atoms with Gasteiger partial charge in [0.1, 0.15) is 17.6 Å². The summed E-state index contributed by atoms with van der Waals surface area (Å²) in [6, 6.07) is 34.0. The number of anilines is 1. The minimum absolute atomic E-state index is 0.0755. The molecule has 7 nitrogen and oxygen atoms in total. The number of aromatic nitrogens is 1. The van der Waals surface area contributed by atoms with Gasteiger partial charge in [0.25, 0.3) is 5.69 Å². The Morgan fingerprint density at radius 3 is 2.23 bits per heavy atom. The molecule has 6 rings (SSSR count). The van der Waals surface area contributed by atoms with E-state index in [0.717, 1.165) is 38.3 Å². The fourth-order valence-electron chi connectivity index (χ4n) is 4.64. The van der Waals surface area contributed by atoms with Gasteiger partial charge in [-0.25, -0.2) is 0 Å². The van der Waals surface area contributed by atoms with Crippen molar-refractivity contribution in [2.75, 3.05) is 4.90 Å². The van der Waals surface area contributed by atoms with Crippen molar-refractivity contribution in [1.29, 1.82) is 0 Å². The number of nitro groups is 1. The summed E-state index contributed by atoms with van der Waals surface area (Å²) in [6.45, 7) is 0. The van der Waals surface area contributed by atoms with Crippen LogP contribution in [0.3, 0.4) is 0 Å². The maximum absolute atomic E-state index is 10.9. The standard InChI is InChI=1S/C30H22N4O3S2/c35-34(36)22-11-15-24(16-12-22)39-23-13-9-21(10-14-23)33-29(28(32-30(33)38)25-8-4-5-19-31-25)27-18-17-26(37-27)20-6-2-1-3-7-20/h1-19,28-29H,(H,32,38)/t28-,29-/m0/s1. The molecule has 39 heavy (non-hydrogen) atoms. The third-order valence-electron chi connectivity index (χ3n) is 6.47. The van der Waals surface area contributed by atoms with Gasteiger partial charge >= 0.3 is 0 Å². The Morgan fingerprint density at radius 1 is 0.872 bits per heavy atom. The maximum atomic E-state index is 10.9. The summed E-state index contributed by atoms with van der Waals surface area (Å²) in [5.74, 6) is 1.57. The molecule has 1 saturated heterocycles. The van der Waals surface area contributed by atoms with Crippen LogP contribution in [0.1, 0.15) is 23.5 Å². The molecule has 0 aliphatic carbocycles. The lowest BCUT2D eigenvalue weighted by atomic mass is 10.0. The topological polar surface area (TPSA) is 84.4 Å². The third-order valence-corrected chi connectivity index (χ3v) is 7.80. The molecular formula is C30H22N4O3S2. The molecule has 1 fully saturated rings. The van der Waals surface area contributed by atoms with Crippen LogP contribution in [0.5, 0.6) is 0 Å². The van der Waals surface area contributed by atoms with Crippen molar-refractivity contribution in [3.63, 3.8) is 0 Å². The van der Waals surface area contributed by atoms with Crippen molar-refractivity contribution in [2.24, 2.45) is 0 Å². The van der Waals surface area contributed by atoms with E-state index in [-0.39, 0.29) is 17.8 Å². The van der Waals surface area contributed by atoms with E-state index < -0.39 is 4.92 Å². The van der Waals surface area contributed by atoms with Crippen LogP contribution in [-0.2, 0) is 0 Å². The van der Waals surface area contributed by atoms with E-state index in [0.29, 0.717) is 5.11 Å². The minimum atomic E-state index is -0.396. The Kier molecular flexibility index (Phi) is 6.83. The Bertz CT molecular complexity index is 1610. The van der Waals surface area contributed by atoms with Crippen molar-refractivity contribution >= 4 is 40.5 Å². The molecule has 0 radical (unpaired) electrons. The zero-order chi connectivity index (χ0) is 26.8. The fourth-order valence-corrected chi connectivity index (χ4v) is 5.80. The van der Waals surface area contributed by atoms with E-state index in [2.05, 4.69) is 15.2 Å². The number of thiocarbonyl (C=S) groups is 1. The largest absolute Gasteiger partial charge is 0.459 e. The summed E-state index contributed by atoms with van der Waals surface area (Å²) >= 11 is 7.37. The van der Waals surface area contributed by atoms with Crippen molar-refractivity contribution < 1.29 is 9.34 Å². The lowest BCUT2D eigenvalue weighted by molar-refractivity contribution is -0.384. The van der Waals surface area contributed by atoms with Gasteiger partial charge in [-0.15, -0.1) is 0 Å². The number of benzene rings is 3. The highest BCUT2D eigenvalue weighted by molar-refractivity contribution is 7.99. The predicted molar refractivity (Wildman–Crippen MR) is 156 cm³/mol. The number of nitro benzene ring substituents is 1. The van der Waals surface area contributed by atoms with Gasteiger partial charge in [-0.05, 0) is 72.9 Å². The van der Waals surface area contributed by atoms with Gasteiger partial charge in [0.15, 0.2) is 5.11 Å². The fraction of sp³-hybridized carbons (Fsp3) is 0.0667. The maximum Gasteiger partial charge on any atom is 0.269 e. The highest BCUT2D eigenvalue weighted by Gasteiger charge is 2.42. The molecule has 1 N–H and O–H groups in total. The quantitative estimate of drug-likeness (QED) is 0.126. The van der Waals surface area contributed by atoms with E-state index in [4.69, 9.17) is 16.6 Å². The van der Waals surface area contributed by atoms with Gasteiger partial charge in [0.05, 0.1) is 16.7 Å². The number of hydrogen-bond donors (Lipinski definition) is 1. The summed E-state index contributed by atoms with van der Waals surface area (Å²) in [6.07, 6.45) is 1.78. The van der Waals surface area contributed by atoms with Crippen molar-refractivity contribution in [1.82, 2.24) is 10.3 Å². The molecule has 0 bridgehead atoms. The third kappa shape index (κ3) is 5.14. The van der Waals surface area contributed by atoms with Gasteiger partial charge in [-0.2, -0.15) is 0 Å². The highest BCUT2D eigenvalue weighted by Crippen LogP contribution is 2.43. The van der Waals surface area contributed by atoms with Crippen molar-refractivity contribution in [2.45, 2.75) is 21.9 Å². The first kappa shape index (κ1) is 24.8. The van der Waals surface area contributed by atoms with E-state index >= 15 is 0 Å². The first-order valence-corrected chi connectivity index (χ1v) is 13.5. The minimum Gasteiger partial charge on any atom is -0.459 e. The summed E-state index contributed by atoms with van der Waals surface area (Å²) < 4.78 is 6.41. The number of nitrogens with zero attached hydrogens (tertiary/aromatic N) is 3. The van der Waals surface area contributed by atoms with Crippen LogP contribution < -0.4 is 10.2 Å². The van der Waals surface area contributed by atoms with Crippen LogP contribution >= 0.6 is 24.0 Å². The van der Waals surface area contributed by atoms with Gasteiger partial charge in [0, 0.05) is 39.4 Å². The monoisotopic (exact) mass is 550 g/mol. The molecule has 1 aliphatic heterocycles. The summed E-state index contributed by atoms with van der Waals surface area (Å²) in [7, 11) is 0. The molecule has 2 atom stereocenters. The first-order chi connectivity index (χ1) is 19.1. The molecule has 0 spiro atoms. The van der Waals surface area contributed by atoms with Crippen molar-refractivity contribution in [3.05, 3.63) is 137 Å². The zero-order valence-corrected chi connectivity index (χ0v) is 22.1. The van der Waals surface area contributed by atoms with Crippen LogP contribution in [0.25, 0.3) is 11.3 Å². The highest BCUT2D eigenvalue weighted by atomic mass is 32.2. The Labute approximate surface area is 234 Å². The molecule has 9 heteroatoms. The number of nitrogens with one attached hydrogen (secondary N) is 1. The van der Waals surface area contributed by atoms with Crippen molar-refractivity contribution in [3.8, 4) is 11.3 Å². The van der Waals surface area contributed by atoms with Crippen LogP contribution in [-0.4, -0.2) is 15.0 Å². The number of non-ortho nitro benzene ring substituents is 1. The molecule has 3 heterocycles. The van der Waals surface area contributed by atoms with Gasteiger partial charge in [-0.3, -0.25) is 15.1 Å². The molecule has 0 saturated carbocycles. The molecule has 0 unspecified atom stereocenters. The summed E-state index contributed by atoms with van der Waals surface area (Å²) in [5.41, 5.74) is 2.87. The van der Waals surface area contributed by atoms with E-state index in [9.17, 15) is 10.1 Å². The molecular weight excluding hydrogens is 528 g/mol. The Balaban J connectivity index is 1.31. The zero-order valence-electron chi connectivity index (χ0n) is 20.5. The van der Waals surface area contributed by atoms with E-state index in [1.165, 1.54) is 23.9 Å². The molecule has 3 aromatic carbocycles. The molecule has 5 aromatic rings. The SMILES string of the molecule is O=[N+]([O-])c1ccc(Sc2ccc(N3C(=S)N[C@@H](c4ccccn4)[C@@H]3c3ccc(-c4ccccc4)o3)cc2)cc1. The first-order valence-electron chi connectivity index (χ1n) is 12.2. The number of hydrogen-bond acceptors (Lipinski definition) is 6. The second kappa shape index (κ2) is 10.7. The average Bonchev–Trinajstić information content (AvgIpc) is 3.59. The van der Waals surface area contributed by atoms with Gasteiger partial charge < -0.3 is 14.6 Å². The Hall–Kier alpha value is -4.47. The lowest BCUT2D eigenvalue weighted by Crippen LogP contribution is -2.29. The predicted octanol–water partition coefficient (Wildman–Crippen LogP) is 7.58. The molecule has 2 aromatic heterocycles. The smallest absolute Gasteiger partial charge is 0.269 e. The second-order valence-electron chi connectivity index (χ2n) is 8.91. The van der Waals surface area contributed by atoms with Crippen LogP contribution in [0.2, 0.25) is 0 Å². The number of furan rings is 1. The molecule has 1 aliphatic rings. The average molecular weight is 551 g/mol. The number of rotatable bonds is 7. The van der Waals surface area contributed by atoms with Crippen LogP contribution in [0.15, 0.2) is 130 Å².